The van der Waals surface area contributed by atoms with Gasteiger partial charge in [-0.3, -0.25) is 0 Å². The largest absolute Gasteiger partial charge is 0.489 e. The Bertz CT molecular complexity index is 188. The molecule has 2 nitrogen and oxygen atoms in total. The van der Waals surface area contributed by atoms with Gasteiger partial charge in [-0.15, -0.1) is 11.3 Å². The number of hydrogen-bond acceptors (Lipinski definition) is 3. The molecule has 0 saturated carbocycles. The summed E-state index contributed by atoms with van der Waals surface area (Å²) in [5.41, 5.74) is 0. The zero-order valence-electron chi connectivity index (χ0n) is 4.89. The second kappa shape index (κ2) is 1.92. The molecule has 0 spiro atoms. The third-order valence-electron chi connectivity index (χ3n) is 1.27. The van der Waals surface area contributed by atoms with E-state index in [1.54, 1.807) is 11.3 Å². The van der Waals surface area contributed by atoms with Crippen LogP contribution in [-0.4, -0.2) is 13.2 Å². The molecular weight excluding hydrogens is 134 g/mol. The van der Waals surface area contributed by atoms with Crippen molar-refractivity contribution in [1.29, 1.82) is 0 Å². The van der Waals surface area contributed by atoms with Crippen molar-refractivity contribution in [3.8, 4) is 5.75 Å². The Morgan fingerprint density at radius 1 is 1.67 bits per heavy atom. The molecule has 1 aromatic heterocycles. The maximum absolute atomic E-state index is 5.31. The SMILES string of the molecule is c1cc2c(s1)NCCO2. The molecule has 2 heterocycles. The number of anilines is 1. The average Bonchev–Trinajstić information content (AvgIpc) is 2.33. The van der Waals surface area contributed by atoms with E-state index in [-0.39, 0.29) is 0 Å². The molecule has 9 heavy (non-hydrogen) atoms. The summed E-state index contributed by atoms with van der Waals surface area (Å²) < 4.78 is 5.31. The van der Waals surface area contributed by atoms with Crippen molar-refractivity contribution in [2.45, 2.75) is 0 Å². The molecule has 1 aliphatic heterocycles. The molecule has 1 aromatic rings. The molecule has 3 heteroatoms. The van der Waals surface area contributed by atoms with Gasteiger partial charge in [-0.2, -0.15) is 0 Å². The van der Waals surface area contributed by atoms with E-state index in [0.29, 0.717) is 0 Å². The number of nitrogens with one attached hydrogen (secondary N) is 1. The average molecular weight is 141 g/mol. The Kier molecular flexibility index (Phi) is 1.09. The van der Waals surface area contributed by atoms with Gasteiger partial charge >= 0.3 is 0 Å². The first-order chi connectivity index (χ1) is 4.47. The van der Waals surface area contributed by atoms with Gasteiger partial charge in [0.25, 0.3) is 0 Å². The summed E-state index contributed by atoms with van der Waals surface area (Å²) in [5.74, 6) is 1.01. The highest BCUT2D eigenvalue weighted by molar-refractivity contribution is 7.14. The fourth-order valence-electron chi connectivity index (χ4n) is 0.866. The molecule has 0 aliphatic carbocycles. The van der Waals surface area contributed by atoms with Gasteiger partial charge in [0.15, 0.2) is 5.75 Å². The highest BCUT2D eigenvalue weighted by atomic mass is 32.1. The molecule has 0 amide bonds. The Labute approximate surface area is 57.5 Å². The molecule has 48 valence electrons. The zero-order valence-corrected chi connectivity index (χ0v) is 5.70. The van der Waals surface area contributed by atoms with Crippen LogP contribution in [0.1, 0.15) is 0 Å². The molecule has 0 saturated heterocycles. The van der Waals surface area contributed by atoms with Crippen molar-refractivity contribution in [2.75, 3.05) is 18.5 Å². The van der Waals surface area contributed by atoms with Crippen molar-refractivity contribution in [3.05, 3.63) is 11.4 Å². The summed E-state index contributed by atoms with van der Waals surface area (Å²) in [7, 11) is 0. The minimum absolute atomic E-state index is 0.795. The van der Waals surface area contributed by atoms with E-state index >= 15 is 0 Å². The molecule has 0 fully saturated rings. The molecular formula is C6H7NOS. The minimum Gasteiger partial charge on any atom is -0.489 e. The van der Waals surface area contributed by atoms with Gasteiger partial charge in [-0.05, 0) is 11.4 Å². The summed E-state index contributed by atoms with van der Waals surface area (Å²) in [6, 6.07) is 1.99. The van der Waals surface area contributed by atoms with E-state index in [0.717, 1.165) is 18.9 Å². The van der Waals surface area contributed by atoms with E-state index < -0.39 is 0 Å². The first-order valence-corrected chi connectivity index (χ1v) is 3.79. The van der Waals surface area contributed by atoms with Crippen LogP contribution < -0.4 is 10.1 Å². The first-order valence-electron chi connectivity index (χ1n) is 2.91. The van der Waals surface area contributed by atoms with Crippen LogP contribution in [0.5, 0.6) is 5.75 Å². The standard InChI is InChI=1S/C6H7NOS/c1-4-9-6-5(1)8-3-2-7-6/h1,4,7H,2-3H2. The van der Waals surface area contributed by atoms with Crippen molar-refractivity contribution in [2.24, 2.45) is 0 Å². The third kappa shape index (κ3) is 0.772. The highest BCUT2D eigenvalue weighted by Gasteiger charge is 2.08. The van der Waals surface area contributed by atoms with Crippen LogP contribution in [0.15, 0.2) is 11.4 Å². The normalized spacial score (nSPS) is 15.6. The number of hydrogen-bond donors (Lipinski definition) is 1. The second-order valence-corrected chi connectivity index (χ2v) is 2.81. The first kappa shape index (κ1) is 5.11. The van der Waals surface area contributed by atoms with Crippen LogP contribution in [0.4, 0.5) is 5.00 Å². The fraction of sp³-hybridized carbons (Fsp3) is 0.333. The minimum atomic E-state index is 0.795. The quantitative estimate of drug-likeness (QED) is 0.592. The molecule has 1 N–H and O–H groups in total. The number of fused-ring (bicyclic) bond motifs is 1. The Morgan fingerprint density at radius 3 is 3.56 bits per heavy atom. The van der Waals surface area contributed by atoms with Gasteiger partial charge in [-0.1, -0.05) is 0 Å². The van der Waals surface area contributed by atoms with Crippen molar-refractivity contribution >= 4 is 16.3 Å². The Balaban J connectivity index is 2.39. The second-order valence-electron chi connectivity index (χ2n) is 1.89. The monoisotopic (exact) mass is 141 g/mol. The maximum Gasteiger partial charge on any atom is 0.153 e. The lowest BCUT2D eigenvalue weighted by Gasteiger charge is -2.13. The summed E-state index contributed by atoms with van der Waals surface area (Å²) in [5, 5.41) is 6.43. The van der Waals surface area contributed by atoms with Gasteiger partial charge in [0.05, 0.1) is 0 Å². The van der Waals surface area contributed by atoms with Crippen LogP contribution in [-0.2, 0) is 0 Å². The number of rotatable bonds is 0. The van der Waals surface area contributed by atoms with Crippen LogP contribution >= 0.6 is 11.3 Å². The molecule has 0 bridgehead atoms. The lowest BCUT2D eigenvalue weighted by Crippen LogP contribution is -2.15. The van der Waals surface area contributed by atoms with E-state index in [1.807, 2.05) is 11.4 Å². The Morgan fingerprint density at radius 2 is 2.67 bits per heavy atom. The van der Waals surface area contributed by atoms with Crippen molar-refractivity contribution in [1.82, 2.24) is 0 Å². The van der Waals surface area contributed by atoms with E-state index in [2.05, 4.69) is 5.32 Å². The number of thiophene rings is 1. The molecule has 1 aliphatic rings. The summed E-state index contributed by atoms with van der Waals surface area (Å²) in [4.78, 5) is 0. The van der Waals surface area contributed by atoms with Gasteiger partial charge in [0.2, 0.25) is 0 Å². The van der Waals surface area contributed by atoms with Crippen LogP contribution in [0.3, 0.4) is 0 Å². The van der Waals surface area contributed by atoms with Crippen LogP contribution in [0, 0.1) is 0 Å². The zero-order chi connectivity index (χ0) is 6.10. The predicted molar refractivity (Wildman–Crippen MR) is 38.3 cm³/mol. The van der Waals surface area contributed by atoms with E-state index in [4.69, 9.17) is 4.74 Å². The fourth-order valence-corrected chi connectivity index (χ4v) is 1.62. The van der Waals surface area contributed by atoms with Crippen molar-refractivity contribution in [3.63, 3.8) is 0 Å². The maximum atomic E-state index is 5.31. The molecule has 0 atom stereocenters. The molecule has 0 radical (unpaired) electrons. The topological polar surface area (TPSA) is 21.3 Å². The molecule has 2 rings (SSSR count). The lowest BCUT2D eigenvalue weighted by atomic mass is 10.5. The van der Waals surface area contributed by atoms with Gasteiger partial charge in [0, 0.05) is 6.54 Å². The van der Waals surface area contributed by atoms with Crippen LogP contribution in [0.2, 0.25) is 0 Å². The van der Waals surface area contributed by atoms with Gasteiger partial charge in [0.1, 0.15) is 11.6 Å². The van der Waals surface area contributed by atoms with Crippen LogP contribution in [0.25, 0.3) is 0 Å². The third-order valence-corrected chi connectivity index (χ3v) is 2.13. The lowest BCUT2D eigenvalue weighted by molar-refractivity contribution is 0.325. The number of ether oxygens (including phenoxy) is 1. The van der Waals surface area contributed by atoms with E-state index in [1.165, 1.54) is 5.00 Å². The molecule has 0 aromatic carbocycles. The van der Waals surface area contributed by atoms with Crippen molar-refractivity contribution < 1.29 is 4.74 Å². The van der Waals surface area contributed by atoms with Gasteiger partial charge in [-0.25, -0.2) is 0 Å². The smallest absolute Gasteiger partial charge is 0.153 e. The summed E-state index contributed by atoms with van der Waals surface area (Å²) >= 11 is 1.69. The van der Waals surface area contributed by atoms with E-state index in [9.17, 15) is 0 Å². The highest BCUT2D eigenvalue weighted by Crippen LogP contribution is 2.32. The predicted octanol–water partition coefficient (Wildman–Crippen LogP) is 1.55. The summed E-state index contributed by atoms with van der Waals surface area (Å²) in [6.45, 7) is 1.73. The Hall–Kier alpha value is -0.700. The molecule has 0 unspecified atom stereocenters. The summed E-state index contributed by atoms with van der Waals surface area (Å²) in [6.07, 6.45) is 0. The van der Waals surface area contributed by atoms with Gasteiger partial charge < -0.3 is 10.1 Å².